The molecular weight excluding hydrogens is 390 g/mol. The predicted molar refractivity (Wildman–Crippen MR) is 122 cm³/mol. The molecule has 1 aromatic carbocycles. The minimum Gasteiger partial charge on any atom is -0.354 e. The van der Waals surface area contributed by atoms with Crippen LogP contribution in [0.2, 0.25) is 0 Å². The maximum Gasteiger partial charge on any atom is 0.251 e. The monoisotopic (exact) mass is 427 g/mol. The van der Waals surface area contributed by atoms with E-state index < -0.39 is 6.04 Å². The number of carbonyl (C=O) groups excluding carboxylic acids is 3. The standard InChI is InChI=1S/C25H37N3O3/c1-17(2)16-26-24(30)22(27-23(29)21-10-6-7-18(3)15-21)19-11-13-28(14-12-19)25(31)20-8-4-5-9-20/h6-7,10,15,17,19-20,22H,4-5,8-9,11-14,16H2,1-3H3,(H,26,30)(H,27,29). The second-order valence-corrected chi connectivity index (χ2v) is 9.60. The summed E-state index contributed by atoms with van der Waals surface area (Å²) in [4.78, 5) is 40.6. The molecule has 170 valence electrons. The lowest BCUT2D eigenvalue weighted by Crippen LogP contribution is -2.54. The van der Waals surface area contributed by atoms with E-state index in [-0.39, 0.29) is 29.6 Å². The molecule has 6 heteroatoms. The number of piperidine rings is 1. The molecule has 2 N–H and O–H groups in total. The fraction of sp³-hybridized carbons (Fsp3) is 0.640. The molecule has 1 saturated heterocycles. The van der Waals surface area contributed by atoms with Crippen molar-refractivity contribution >= 4 is 17.7 Å². The van der Waals surface area contributed by atoms with Gasteiger partial charge < -0.3 is 15.5 Å². The van der Waals surface area contributed by atoms with Crippen LogP contribution in [0.25, 0.3) is 0 Å². The highest BCUT2D eigenvalue weighted by Gasteiger charge is 2.35. The van der Waals surface area contributed by atoms with Crippen LogP contribution in [0.15, 0.2) is 24.3 Å². The summed E-state index contributed by atoms with van der Waals surface area (Å²) in [7, 11) is 0. The van der Waals surface area contributed by atoms with Crippen molar-refractivity contribution in [2.75, 3.05) is 19.6 Å². The van der Waals surface area contributed by atoms with Crippen molar-refractivity contribution in [2.45, 2.75) is 65.3 Å². The van der Waals surface area contributed by atoms with Gasteiger partial charge in [-0.15, -0.1) is 0 Å². The van der Waals surface area contributed by atoms with Gasteiger partial charge >= 0.3 is 0 Å². The molecule has 1 aromatic rings. The fourth-order valence-corrected chi connectivity index (χ4v) is 4.71. The summed E-state index contributed by atoms with van der Waals surface area (Å²) in [6, 6.07) is 6.82. The van der Waals surface area contributed by atoms with Gasteiger partial charge in [-0.3, -0.25) is 14.4 Å². The molecule has 1 heterocycles. The number of hydrogen-bond acceptors (Lipinski definition) is 3. The lowest BCUT2D eigenvalue weighted by molar-refractivity contribution is -0.137. The number of carbonyl (C=O) groups is 3. The number of nitrogens with one attached hydrogen (secondary N) is 2. The number of likely N-dealkylation sites (tertiary alicyclic amines) is 1. The predicted octanol–water partition coefficient (Wildman–Crippen LogP) is 3.29. The summed E-state index contributed by atoms with van der Waals surface area (Å²) in [5.41, 5.74) is 1.57. The Morgan fingerprint density at radius 1 is 1.06 bits per heavy atom. The molecular formula is C25H37N3O3. The zero-order valence-electron chi connectivity index (χ0n) is 19.2. The van der Waals surface area contributed by atoms with Gasteiger partial charge in [0, 0.05) is 31.1 Å². The zero-order chi connectivity index (χ0) is 22.4. The third kappa shape index (κ3) is 6.31. The van der Waals surface area contributed by atoms with Gasteiger partial charge in [0.15, 0.2) is 0 Å². The van der Waals surface area contributed by atoms with Gasteiger partial charge in [0.2, 0.25) is 11.8 Å². The summed E-state index contributed by atoms with van der Waals surface area (Å²) < 4.78 is 0. The van der Waals surface area contributed by atoms with Crippen LogP contribution in [0.5, 0.6) is 0 Å². The number of benzene rings is 1. The van der Waals surface area contributed by atoms with Crippen LogP contribution in [-0.4, -0.2) is 48.3 Å². The average Bonchev–Trinajstić information content (AvgIpc) is 3.30. The first-order valence-electron chi connectivity index (χ1n) is 11.8. The third-order valence-electron chi connectivity index (χ3n) is 6.56. The molecule has 1 saturated carbocycles. The maximum absolute atomic E-state index is 13.0. The fourth-order valence-electron chi connectivity index (χ4n) is 4.71. The minimum absolute atomic E-state index is 0.0218. The van der Waals surface area contributed by atoms with Crippen LogP contribution in [-0.2, 0) is 9.59 Å². The molecule has 2 aliphatic rings. The quantitative estimate of drug-likeness (QED) is 0.701. The van der Waals surface area contributed by atoms with Gasteiger partial charge in [-0.2, -0.15) is 0 Å². The van der Waals surface area contributed by atoms with Gasteiger partial charge in [0.25, 0.3) is 5.91 Å². The average molecular weight is 428 g/mol. The zero-order valence-corrected chi connectivity index (χ0v) is 19.2. The van der Waals surface area contributed by atoms with Crippen molar-refractivity contribution in [1.29, 1.82) is 0 Å². The van der Waals surface area contributed by atoms with Crippen molar-refractivity contribution in [3.63, 3.8) is 0 Å². The van der Waals surface area contributed by atoms with Crippen LogP contribution in [0.1, 0.15) is 68.3 Å². The summed E-state index contributed by atoms with van der Waals surface area (Å²) in [5.74, 6) is 0.466. The Morgan fingerprint density at radius 2 is 1.74 bits per heavy atom. The molecule has 1 atom stereocenters. The topological polar surface area (TPSA) is 78.5 Å². The minimum atomic E-state index is -0.588. The molecule has 1 aliphatic carbocycles. The third-order valence-corrected chi connectivity index (χ3v) is 6.56. The van der Waals surface area contributed by atoms with E-state index in [1.165, 1.54) is 0 Å². The molecule has 31 heavy (non-hydrogen) atoms. The molecule has 0 radical (unpaired) electrons. The lowest BCUT2D eigenvalue weighted by Gasteiger charge is -2.37. The van der Waals surface area contributed by atoms with E-state index in [9.17, 15) is 14.4 Å². The molecule has 6 nitrogen and oxygen atoms in total. The number of hydrogen-bond donors (Lipinski definition) is 2. The van der Waals surface area contributed by atoms with Crippen LogP contribution < -0.4 is 10.6 Å². The number of amides is 3. The highest BCUT2D eigenvalue weighted by molar-refractivity contribution is 5.97. The first-order chi connectivity index (χ1) is 14.8. The largest absolute Gasteiger partial charge is 0.354 e. The van der Waals surface area contributed by atoms with Gasteiger partial charge in [0.05, 0.1) is 0 Å². The summed E-state index contributed by atoms with van der Waals surface area (Å²) in [6.45, 7) is 7.94. The molecule has 0 aromatic heterocycles. The summed E-state index contributed by atoms with van der Waals surface area (Å²) in [5, 5.41) is 5.99. The first kappa shape index (κ1) is 23.3. The number of nitrogens with zero attached hydrogens (tertiary/aromatic N) is 1. The smallest absolute Gasteiger partial charge is 0.251 e. The molecule has 0 bridgehead atoms. The SMILES string of the molecule is Cc1cccc(C(=O)NC(C(=O)NCC(C)C)C2CCN(C(=O)C3CCCC3)CC2)c1. The van der Waals surface area contributed by atoms with E-state index in [2.05, 4.69) is 10.6 Å². The Labute approximate surface area is 186 Å². The second-order valence-electron chi connectivity index (χ2n) is 9.60. The van der Waals surface area contributed by atoms with E-state index >= 15 is 0 Å². The molecule has 0 spiro atoms. The van der Waals surface area contributed by atoms with Gasteiger partial charge in [-0.1, -0.05) is 44.4 Å². The Bertz CT molecular complexity index is 778. The van der Waals surface area contributed by atoms with Gasteiger partial charge in [-0.25, -0.2) is 0 Å². The van der Waals surface area contributed by atoms with Crippen molar-refractivity contribution in [3.05, 3.63) is 35.4 Å². The Hall–Kier alpha value is -2.37. The maximum atomic E-state index is 13.0. The Kier molecular flexibility index (Phi) is 8.10. The summed E-state index contributed by atoms with van der Waals surface area (Å²) >= 11 is 0. The lowest BCUT2D eigenvalue weighted by atomic mass is 9.87. The molecule has 3 amide bonds. The highest BCUT2D eigenvalue weighted by Crippen LogP contribution is 2.29. The van der Waals surface area contributed by atoms with Crippen LogP contribution in [0, 0.1) is 24.7 Å². The number of rotatable bonds is 7. The molecule has 3 rings (SSSR count). The molecule has 1 aliphatic heterocycles. The normalized spacial score (nSPS) is 18.8. The number of aryl methyl sites for hydroxylation is 1. The van der Waals surface area contributed by atoms with Crippen molar-refractivity contribution in [1.82, 2.24) is 15.5 Å². The van der Waals surface area contributed by atoms with Crippen LogP contribution in [0.3, 0.4) is 0 Å². The Balaban J connectivity index is 1.65. The van der Waals surface area contributed by atoms with E-state index in [1.807, 2.05) is 43.9 Å². The van der Waals surface area contributed by atoms with Gasteiger partial charge in [-0.05, 0) is 56.6 Å². The van der Waals surface area contributed by atoms with Crippen molar-refractivity contribution in [2.24, 2.45) is 17.8 Å². The van der Waals surface area contributed by atoms with Crippen molar-refractivity contribution < 1.29 is 14.4 Å². The molecule has 1 unspecified atom stereocenters. The van der Waals surface area contributed by atoms with E-state index in [0.29, 0.717) is 31.1 Å². The summed E-state index contributed by atoms with van der Waals surface area (Å²) in [6.07, 6.45) is 5.77. The van der Waals surface area contributed by atoms with E-state index in [0.717, 1.165) is 44.1 Å². The van der Waals surface area contributed by atoms with E-state index in [1.54, 1.807) is 6.07 Å². The van der Waals surface area contributed by atoms with Crippen LogP contribution >= 0.6 is 0 Å². The second kappa shape index (κ2) is 10.8. The highest BCUT2D eigenvalue weighted by atomic mass is 16.2. The van der Waals surface area contributed by atoms with Gasteiger partial charge in [0.1, 0.15) is 6.04 Å². The van der Waals surface area contributed by atoms with Crippen molar-refractivity contribution in [3.8, 4) is 0 Å². The van der Waals surface area contributed by atoms with E-state index in [4.69, 9.17) is 0 Å². The molecule has 2 fully saturated rings. The van der Waals surface area contributed by atoms with Crippen LogP contribution in [0.4, 0.5) is 0 Å². The Morgan fingerprint density at radius 3 is 2.35 bits per heavy atom. The first-order valence-corrected chi connectivity index (χ1v) is 11.8.